The second-order valence-electron chi connectivity index (χ2n) is 7.99. The molecule has 0 radical (unpaired) electrons. The minimum absolute atomic E-state index is 0.00137. The predicted molar refractivity (Wildman–Crippen MR) is 123 cm³/mol. The van der Waals surface area contributed by atoms with Crippen molar-refractivity contribution in [3.63, 3.8) is 0 Å². The first-order chi connectivity index (χ1) is 14.7. The summed E-state index contributed by atoms with van der Waals surface area (Å²) in [7, 11) is 0. The molecule has 5 nitrogen and oxygen atoms in total. The summed E-state index contributed by atoms with van der Waals surface area (Å²) < 4.78 is 1.71. The van der Waals surface area contributed by atoms with Crippen molar-refractivity contribution in [3.05, 3.63) is 51.1 Å². The fourth-order valence-corrected chi connectivity index (χ4v) is 6.67. The number of hydrogen-bond acceptors (Lipinski definition) is 5. The minimum Gasteiger partial charge on any atom is -0.342 e. The van der Waals surface area contributed by atoms with Crippen molar-refractivity contribution in [2.45, 2.75) is 50.1 Å². The number of piperidine rings is 1. The normalized spacial score (nSPS) is 16.6. The molecular weight excluding hydrogens is 414 g/mol. The number of aromatic nitrogens is 2. The molecule has 1 aromatic carbocycles. The average molecular weight is 440 g/mol. The average Bonchev–Trinajstić information content (AvgIpc) is 3.17. The van der Waals surface area contributed by atoms with Crippen LogP contribution in [-0.4, -0.2) is 39.2 Å². The maximum atomic E-state index is 13.7. The summed E-state index contributed by atoms with van der Waals surface area (Å²) in [5.41, 5.74) is 2.00. The van der Waals surface area contributed by atoms with Crippen LogP contribution in [-0.2, 0) is 17.6 Å². The monoisotopic (exact) mass is 439 g/mol. The Morgan fingerprint density at radius 3 is 2.60 bits per heavy atom. The molecule has 3 heterocycles. The van der Waals surface area contributed by atoms with Crippen LogP contribution in [0, 0.1) is 0 Å². The van der Waals surface area contributed by atoms with Gasteiger partial charge < -0.3 is 4.90 Å². The first kappa shape index (κ1) is 19.8. The molecule has 0 unspecified atom stereocenters. The third-order valence-electron chi connectivity index (χ3n) is 6.01. The number of fused-ring (bicyclic) bond motifs is 3. The third-order valence-corrected chi connectivity index (χ3v) is 8.12. The molecule has 1 aliphatic heterocycles. The lowest BCUT2D eigenvalue weighted by molar-refractivity contribution is -0.129. The summed E-state index contributed by atoms with van der Waals surface area (Å²) in [6.07, 6.45) is 7.67. The van der Waals surface area contributed by atoms with Crippen LogP contribution in [0.25, 0.3) is 15.9 Å². The molecule has 0 bridgehead atoms. The lowest BCUT2D eigenvalue weighted by atomic mass is 9.97. The van der Waals surface area contributed by atoms with Gasteiger partial charge in [-0.2, -0.15) is 0 Å². The highest BCUT2D eigenvalue weighted by atomic mass is 32.2. The molecule has 1 amide bonds. The summed E-state index contributed by atoms with van der Waals surface area (Å²) in [6, 6.07) is 9.68. The van der Waals surface area contributed by atoms with E-state index in [0.717, 1.165) is 61.1 Å². The SMILES string of the molecule is O=C(CSc1nc2sc3c(c2c(=O)n1-c1ccccc1)CCCC3)N1CCCCC1. The Bertz CT molecular complexity index is 1130. The van der Waals surface area contributed by atoms with Gasteiger partial charge in [-0.25, -0.2) is 4.98 Å². The minimum atomic E-state index is -0.00137. The smallest absolute Gasteiger partial charge is 0.267 e. The molecule has 2 aromatic heterocycles. The van der Waals surface area contributed by atoms with Gasteiger partial charge in [0.2, 0.25) is 5.91 Å². The first-order valence-corrected chi connectivity index (χ1v) is 12.6. The Balaban J connectivity index is 1.56. The highest BCUT2D eigenvalue weighted by Gasteiger charge is 2.24. The highest BCUT2D eigenvalue weighted by molar-refractivity contribution is 7.99. The molecule has 7 heteroatoms. The van der Waals surface area contributed by atoms with Crippen molar-refractivity contribution in [2.75, 3.05) is 18.8 Å². The summed E-state index contributed by atoms with van der Waals surface area (Å²) in [6.45, 7) is 1.68. The van der Waals surface area contributed by atoms with E-state index < -0.39 is 0 Å². The van der Waals surface area contributed by atoms with Gasteiger partial charge in [-0.3, -0.25) is 14.2 Å². The van der Waals surface area contributed by atoms with Gasteiger partial charge in [-0.05, 0) is 62.6 Å². The number of para-hydroxylation sites is 1. The summed E-state index contributed by atoms with van der Waals surface area (Å²) in [5, 5.41) is 1.40. The molecule has 0 atom stereocenters. The van der Waals surface area contributed by atoms with Gasteiger partial charge in [-0.1, -0.05) is 30.0 Å². The molecule has 2 aliphatic rings. The lowest BCUT2D eigenvalue weighted by Crippen LogP contribution is -2.36. The molecule has 30 heavy (non-hydrogen) atoms. The van der Waals surface area contributed by atoms with Crippen LogP contribution in [0.3, 0.4) is 0 Å². The van der Waals surface area contributed by atoms with Crippen LogP contribution >= 0.6 is 23.1 Å². The van der Waals surface area contributed by atoms with Crippen LogP contribution in [0.4, 0.5) is 0 Å². The van der Waals surface area contributed by atoms with Crippen LogP contribution in [0.5, 0.6) is 0 Å². The van der Waals surface area contributed by atoms with Crippen LogP contribution < -0.4 is 5.56 Å². The molecule has 0 N–H and O–H groups in total. The molecule has 0 spiro atoms. The number of benzene rings is 1. The molecule has 1 aliphatic carbocycles. The number of amides is 1. The van der Waals surface area contributed by atoms with Gasteiger partial charge in [0.05, 0.1) is 16.8 Å². The van der Waals surface area contributed by atoms with Gasteiger partial charge in [0.25, 0.3) is 5.56 Å². The Labute approximate surface area is 184 Å². The zero-order chi connectivity index (χ0) is 20.5. The lowest BCUT2D eigenvalue weighted by Gasteiger charge is -2.26. The summed E-state index contributed by atoms with van der Waals surface area (Å²) in [5.74, 6) is 0.453. The van der Waals surface area contributed by atoms with E-state index in [0.29, 0.717) is 10.9 Å². The number of likely N-dealkylation sites (tertiary alicyclic amines) is 1. The maximum absolute atomic E-state index is 13.7. The van der Waals surface area contributed by atoms with Crippen LogP contribution in [0.2, 0.25) is 0 Å². The van der Waals surface area contributed by atoms with E-state index in [1.54, 1.807) is 15.9 Å². The molecule has 1 fully saturated rings. The van der Waals surface area contributed by atoms with E-state index in [-0.39, 0.29) is 11.5 Å². The maximum Gasteiger partial charge on any atom is 0.267 e. The quantitative estimate of drug-likeness (QED) is 0.446. The van der Waals surface area contributed by atoms with Crippen LogP contribution in [0.15, 0.2) is 40.3 Å². The number of carbonyl (C=O) groups is 1. The largest absolute Gasteiger partial charge is 0.342 e. The van der Waals surface area contributed by atoms with Crippen molar-refractivity contribution in [1.82, 2.24) is 14.5 Å². The van der Waals surface area contributed by atoms with Gasteiger partial charge in [0.15, 0.2) is 5.16 Å². The fraction of sp³-hybridized carbons (Fsp3) is 0.435. The Kier molecular flexibility index (Phi) is 5.65. The van der Waals surface area contributed by atoms with Gasteiger partial charge in [0.1, 0.15) is 4.83 Å². The number of aryl methyl sites for hydroxylation is 2. The first-order valence-electron chi connectivity index (χ1n) is 10.8. The van der Waals surface area contributed by atoms with Gasteiger partial charge in [0, 0.05) is 18.0 Å². The number of rotatable bonds is 4. The highest BCUT2D eigenvalue weighted by Crippen LogP contribution is 2.35. The predicted octanol–water partition coefficient (Wildman–Crippen LogP) is 4.43. The Morgan fingerprint density at radius 2 is 1.80 bits per heavy atom. The number of hydrogen-bond donors (Lipinski definition) is 0. The van der Waals surface area contributed by atoms with Crippen molar-refractivity contribution in [3.8, 4) is 5.69 Å². The molecule has 3 aromatic rings. The Morgan fingerprint density at radius 1 is 1.03 bits per heavy atom. The standard InChI is InChI=1S/C23H25N3O2S2/c27-19(25-13-7-2-8-14-25)15-29-23-24-21-20(17-11-5-6-12-18(17)30-21)22(28)26(23)16-9-3-1-4-10-16/h1,3-4,9-10H,2,5-8,11-15H2. The zero-order valence-electron chi connectivity index (χ0n) is 16.9. The van der Waals surface area contributed by atoms with Gasteiger partial charge in [-0.15, -0.1) is 11.3 Å². The molecule has 156 valence electrons. The summed E-state index contributed by atoms with van der Waals surface area (Å²) in [4.78, 5) is 35.4. The second kappa shape index (κ2) is 8.55. The topological polar surface area (TPSA) is 55.2 Å². The Hall–Kier alpha value is -2.12. The fourth-order valence-electron chi connectivity index (χ4n) is 4.45. The van der Waals surface area contributed by atoms with E-state index in [1.165, 1.54) is 35.0 Å². The number of thioether (sulfide) groups is 1. The van der Waals surface area contributed by atoms with Crippen molar-refractivity contribution >= 4 is 39.2 Å². The van der Waals surface area contributed by atoms with E-state index in [1.807, 2.05) is 35.2 Å². The molecule has 0 saturated carbocycles. The third kappa shape index (κ3) is 3.69. The van der Waals surface area contributed by atoms with E-state index in [9.17, 15) is 9.59 Å². The van der Waals surface area contributed by atoms with Crippen molar-refractivity contribution in [2.24, 2.45) is 0 Å². The molecule has 1 saturated heterocycles. The zero-order valence-corrected chi connectivity index (χ0v) is 18.6. The van der Waals surface area contributed by atoms with E-state index in [4.69, 9.17) is 4.98 Å². The van der Waals surface area contributed by atoms with Crippen molar-refractivity contribution < 1.29 is 4.79 Å². The number of nitrogens with zero attached hydrogens (tertiary/aromatic N) is 3. The van der Waals surface area contributed by atoms with Gasteiger partial charge >= 0.3 is 0 Å². The van der Waals surface area contributed by atoms with E-state index >= 15 is 0 Å². The van der Waals surface area contributed by atoms with Crippen LogP contribution in [0.1, 0.15) is 42.5 Å². The molecular formula is C23H25N3O2S2. The number of carbonyl (C=O) groups excluding carboxylic acids is 1. The van der Waals surface area contributed by atoms with Crippen molar-refractivity contribution in [1.29, 1.82) is 0 Å². The van der Waals surface area contributed by atoms with E-state index in [2.05, 4.69) is 0 Å². The summed E-state index contributed by atoms with van der Waals surface area (Å²) >= 11 is 3.05. The molecule has 5 rings (SSSR count). The number of thiophene rings is 1. The second-order valence-corrected chi connectivity index (χ2v) is 10.0.